The van der Waals surface area contributed by atoms with Crippen LogP contribution in [0.4, 0.5) is 5.69 Å². The van der Waals surface area contributed by atoms with Crippen LogP contribution in [-0.4, -0.2) is 43.5 Å². The van der Waals surface area contributed by atoms with Crippen molar-refractivity contribution in [3.8, 4) is 11.5 Å². The summed E-state index contributed by atoms with van der Waals surface area (Å²) in [5.41, 5.74) is 7.90. The van der Waals surface area contributed by atoms with Gasteiger partial charge in [-0.2, -0.15) is 0 Å². The number of hydrogen-bond donors (Lipinski definition) is 2. The van der Waals surface area contributed by atoms with E-state index in [9.17, 15) is 9.59 Å². The Bertz CT molecular complexity index is 942. The number of carbonyl (C=O) groups excluding carboxylic acids is 2. The Labute approximate surface area is 176 Å². The van der Waals surface area contributed by atoms with Crippen LogP contribution in [0.1, 0.15) is 24.0 Å². The van der Waals surface area contributed by atoms with Gasteiger partial charge in [-0.3, -0.25) is 14.5 Å². The van der Waals surface area contributed by atoms with E-state index in [-0.39, 0.29) is 17.9 Å². The van der Waals surface area contributed by atoms with Gasteiger partial charge in [-0.25, -0.2) is 0 Å². The van der Waals surface area contributed by atoms with Crippen molar-refractivity contribution in [2.75, 3.05) is 26.1 Å². The molecule has 1 aliphatic rings. The van der Waals surface area contributed by atoms with Crippen LogP contribution < -0.4 is 20.5 Å². The minimum absolute atomic E-state index is 0.255. The SMILES string of the molecule is COc1ccc(OC)c(/C=C/C(=O)Nc2ccccc2CN2CCCC2C(N)=O)c1. The first-order valence-electron chi connectivity index (χ1n) is 9.84. The van der Waals surface area contributed by atoms with Gasteiger partial charge in [0.25, 0.3) is 0 Å². The molecule has 1 unspecified atom stereocenters. The zero-order valence-electron chi connectivity index (χ0n) is 17.3. The maximum absolute atomic E-state index is 12.5. The summed E-state index contributed by atoms with van der Waals surface area (Å²) >= 11 is 0. The highest BCUT2D eigenvalue weighted by Crippen LogP contribution is 2.26. The van der Waals surface area contributed by atoms with Gasteiger partial charge in [-0.1, -0.05) is 18.2 Å². The van der Waals surface area contributed by atoms with Crippen molar-refractivity contribution >= 4 is 23.6 Å². The smallest absolute Gasteiger partial charge is 0.248 e. The number of anilines is 1. The van der Waals surface area contributed by atoms with E-state index >= 15 is 0 Å². The first-order chi connectivity index (χ1) is 14.5. The molecule has 0 aromatic heterocycles. The Morgan fingerprint density at radius 3 is 2.73 bits per heavy atom. The van der Waals surface area contributed by atoms with E-state index < -0.39 is 0 Å². The summed E-state index contributed by atoms with van der Waals surface area (Å²) < 4.78 is 10.6. The summed E-state index contributed by atoms with van der Waals surface area (Å²) in [5, 5.41) is 2.92. The average molecular weight is 409 g/mol. The van der Waals surface area contributed by atoms with Crippen molar-refractivity contribution in [2.24, 2.45) is 5.73 Å². The van der Waals surface area contributed by atoms with Gasteiger partial charge in [-0.15, -0.1) is 0 Å². The van der Waals surface area contributed by atoms with E-state index in [4.69, 9.17) is 15.2 Å². The van der Waals surface area contributed by atoms with Gasteiger partial charge in [0, 0.05) is 23.9 Å². The Morgan fingerprint density at radius 2 is 2.00 bits per heavy atom. The summed E-state index contributed by atoms with van der Waals surface area (Å²) in [6.45, 7) is 1.36. The number of hydrogen-bond acceptors (Lipinski definition) is 5. The van der Waals surface area contributed by atoms with Gasteiger partial charge < -0.3 is 20.5 Å². The molecule has 1 heterocycles. The lowest BCUT2D eigenvalue weighted by molar-refractivity contribution is -0.122. The van der Waals surface area contributed by atoms with Gasteiger partial charge >= 0.3 is 0 Å². The molecule has 1 atom stereocenters. The fourth-order valence-electron chi connectivity index (χ4n) is 3.65. The molecule has 2 aromatic carbocycles. The highest BCUT2D eigenvalue weighted by molar-refractivity contribution is 6.02. The Morgan fingerprint density at radius 1 is 1.20 bits per heavy atom. The molecular formula is C23H27N3O4. The van der Waals surface area contributed by atoms with E-state index in [1.165, 1.54) is 6.08 Å². The van der Waals surface area contributed by atoms with E-state index in [1.807, 2.05) is 24.3 Å². The van der Waals surface area contributed by atoms with Gasteiger partial charge in [0.2, 0.25) is 11.8 Å². The third-order valence-electron chi connectivity index (χ3n) is 5.19. The first kappa shape index (κ1) is 21.4. The van der Waals surface area contributed by atoms with E-state index in [2.05, 4.69) is 10.2 Å². The number of primary amides is 1. The zero-order chi connectivity index (χ0) is 21.5. The number of carbonyl (C=O) groups is 2. The number of methoxy groups -OCH3 is 2. The standard InChI is InChI=1S/C23H27N3O4/c1-29-18-10-11-21(30-2)16(14-18)9-12-22(27)25-19-7-4-3-6-17(19)15-26-13-5-8-20(26)23(24)28/h3-4,6-7,9-12,14,20H,5,8,13,15H2,1-2H3,(H2,24,28)(H,25,27)/b12-9+. The van der Waals surface area contributed by atoms with Crippen LogP contribution in [0.2, 0.25) is 0 Å². The number of nitrogens with zero attached hydrogens (tertiary/aromatic N) is 1. The van der Waals surface area contributed by atoms with Crippen LogP contribution in [0, 0.1) is 0 Å². The van der Waals surface area contributed by atoms with E-state index in [0.29, 0.717) is 23.7 Å². The molecule has 158 valence electrons. The molecule has 7 heteroatoms. The Kier molecular flexibility index (Phi) is 7.08. The molecule has 1 saturated heterocycles. The summed E-state index contributed by atoms with van der Waals surface area (Å²) in [7, 11) is 3.16. The topological polar surface area (TPSA) is 93.9 Å². The van der Waals surface area contributed by atoms with Crippen LogP contribution in [-0.2, 0) is 16.1 Å². The number of rotatable bonds is 8. The lowest BCUT2D eigenvalue weighted by atomic mass is 10.1. The molecule has 0 radical (unpaired) electrons. The molecule has 3 N–H and O–H groups in total. The third kappa shape index (κ3) is 5.18. The maximum Gasteiger partial charge on any atom is 0.248 e. The van der Waals surface area contributed by atoms with Gasteiger partial charge in [0.1, 0.15) is 11.5 Å². The molecular weight excluding hydrogens is 382 g/mol. The number of amides is 2. The van der Waals surface area contributed by atoms with Crippen molar-refractivity contribution in [1.29, 1.82) is 0 Å². The number of nitrogens with one attached hydrogen (secondary N) is 1. The van der Waals surface area contributed by atoms with Crippen LogP contribution in [0.3, 0.4) is 0 Å². The molecule has 0 spiro atoms. The predicted octanol–water partition coefficient (Wildman–Crippen LogP) is 2.81. The molecule has 7 nitrogen and oxygen atoms in total. The summed E-state index contributed by atoms with van der Waals surface area (Å²) in [6.07, 6.45) is 4.85. The largest absolute Gasteiger partial charge is 0.497 e. The minimum atomic E-state index is -0.302. The molecule has 0 bridgehead atoms. The number of benzene rings is 2. The molecule has 30 heavy (non-hydrogen) atoms. The lowest BCUT2D eigenvalue weighted by Gasteiger charge is -2.23. The second kappa shape index (κ2) is 9.93. The third-order valence-corrected chi connectivity index (χ3v) is 5.19. The monoisotopic (exact) mass is 409 g/mol. The summed E-state index contributed by atoms with van der Waals surface area (Å²) in [5.74, 6) is 0.756. The quantitative estimate of drug-likeness (QED) is 0.654. The van der Waals surface area contributed by atoms with Crippen molar-refractivity contribution in [3.63, 3.8) is 0 Å². The van der Waals surface area contributed by atoms with E-state index in [0.717, 1.165) is 30.5 Å². The summed E-state index contributed by atoms with van der Waals surface area (Å²) in [4.78, 5) is 26.3. The summed E-state index contributed by atoms with van der Waals surface area (Å²) in [6, 6.07) is 12.7. The number of nitrogens with two attached hydrogens (primary N) is 1. The van der Waals surface area contributed by atoms with Gasteiger partial charge in [0.05, 0.1) is 20.3 Å². The second-order valence-corrected chi connectivity index (χ2v) is 7.12. The fourth-order valence-corrected chi connectivity index (χ4v) is 3.65. The zero-order valence-corrected chi connectivity index (χ0v) is 17.3. The highest BCUT2D eigenvalue weighted by Gasteiger charge is 2.29. The minimum Gasteiger partial charge on any atom is -0.497 e. The molecule has 0 saturated carbocycles. The lowest BCUT2D eigenvalue weighted by Crippen LogP contribution is -2.39. The number of para-hydroxylation sites is 1. The van der Waals surface area contributed by atoms with E-state index in [1.54, 1.807) is 38.5 Å². The maximum atomic E-state index is 12.5. The molecule has 0 aliphatic carbocycles. The van der Waals surface area contributed by atoms with Crippen molar-refractivity contribution in [1.82, 2.24) is 4.90 Å². The highest BCUT2D eigenvalue weighted by atomic mass is 16.5. The molecule has 1 aliphatic heterocycles. The van der Waals surface area contributed by atoms with Gasteiger partial charge in [0.15, 0.2) is 0 Å². The molecule has 2 aromatic rings. The molecule has 1 fully saturated rings. The first-order valence-corrected chi connectivity index (χ1v) is 9.84. The average Bonchev–Trinajstić information content (AvgIpc) is 3.22. The number of ether oxygens (including phenoxy) is 2. The second-order valence-electron chi connectivity index (χ2n) is 7.12. The van der Waals surface area contributed by atoms with Crippen LogP contribution >= 0.6 is 0 Å². The molecule has 2 amide bonds. The predicted molar refractivity (Wildman–Crippen MR) is 116 cm³/mol. The molecule has 3 rings (SSSR count). The van der Waals surface area contributed by atoms with Gasteiger partial charge in [-0.05, 0) is 55.3 Å². The van der Waals surface area contributed by atoms with Crippen molar-refractivity contribution < 1.29 is 19.1 Å². The fraction of sp³-hybridized carbons (Fsp3) is 0.304. The Hall–Kier alpha value is -3.32. The van der Waals surface area contributed by atoms with Crippen LogP contribution in [0.15, 0.2) is 48.5 Å². The van der Waals surface area contributed by atoms with Crippen molar-refractivity contribution in [3.05, 3.63) is 59.7 Å². The Balaban J connectivity index is 1.72. The van der Waals surface area contributed by atoms with Crippen LogP contribution in [0.25, 0.3) is 6.08 Å². The number of likely N-dealkylation sites (tertiary alicyclic amines) is 1. The normalized spacial score (nSPS) is 16.5. The van der Waals surface area contributed by atoms with Crippen LogP contribution in [0.5, 0.6) is 11.5 Å². The van der Waals surface area contributed by atoms with Crippen molar-refractivity contribution in [2.45, 2.75) is 25.4 Å².